The van der Waals surface area contributed by atoms with Crippen molar-refractivity contribution >= 4 is 17.5 Å². The van der Waals surface area contributed by atoms with E-state index in [1.807, 2.05) is 22.7 Å². The van der Waals surface area contributed by atoms with Crippen LogP contribution in [-0.2, 0) is 18.0 Å². The van der Waals surface area contributed by atoms with Crippen LogP contribution in [0.5, 0.6) is 0 Å². The number of aryl methyl sites for hydroxylation is 1. The summed E-state index contributed by atoms with van der Waals surface area (Å²) in [5, 5.41) is 2.64. The van der Waals surface area contributed by atoms with Crippen LogP contribution in [0.2, 0.25) is 0 Å². The van der Waals surface area contributed by atoms with Crippen molar-refractivity contribution in [2.75, 3.05) is 42.9 Å². The molecule has 1 aliphatic heterocycles. The van der Waals surface area contributed by atoms with Crippen LogP contribution in [-0.4, -0.2) is 53.1 Å². The molecule has 26 heavy (non-hydrogen) atoms. The summed E-state index contributed by atoms with van der Waals surface area (Å²) in [6.07, 6.45) is -0.742. The molecule has 1 fully saturated rings. The molecule has 1 amide bonds. The van der Waals surface area contributed by atoms with Gasteiger partial charge in [-0.25, -0.2) is 4.98 Å². The van der Waals surface area contributed by atoms with E-state index in [2.05, 4.69) is 15.2 Å². The SMILES string of the molecule is Cn1ccnc1N1CCN(CC(=O)Nc2ccc(C(F)(F)F)cc2)CC1. The summed E-state index contributed by atoms with van der Waals surface area (Å²) in [6, 6.07) is 4.45. The van der Waals surface area contributed by atoms with Gasteiger partial charge < -0.3 is 14.8 Å². The number of nitrogens with zero attached hydrogens (tertiary/aromatic N) is 4. The molecule has 0 bridgehead atoms. The monoisotopic (exact) mass is 367 g/mol. The van der Waals surface area contributed by atoms with E-state index in [0.717, 1.165) is 31.2 Å². The van der Waals surface area contributed by atoms with Gasteiger partial charge in [-0.05, 0) is 24.3 Å². The summed E-state index contributed by atoms with van der Waals surface area (Å²) in [6.45, 7) is 3.16. The maximum Gasteiger partial charge on any atom is 0.416 e. The molecule has 0 spiro atoms. The molecular weight excluding hydrogens is 347 g/mol. The van der Waals surface area contributed by atoms with E-state index in [0.29, 0.717) is 18.8 Å². The summed E-state index contributed by atoms with van der Waals surface area (Å²) in [5.74, 6) is 0.661. The quantitative estimate of drug-likeness (QED) is 0.900. The molecule has 1 saturated heterocycles. The molecule has 140 valence electrons. The van der Waals surface area contributed by atoms with Crippen molar-refractivity contribution in [3.63, 3.8) is 0 Å². The number of benzene rings is 1. The number of hydrogen-bond acceptors (Lipinski definition) is 4. The molecule has 1 aliphatic rings. The summed E-state index contributed by atoms with van der Waals surface area (Å²) in [7, 11) is 1.94. The molecule has 0 atom stereocenters. The molecule has 0 saturated carbocycles. The second-order valence-electron chi connectivity index (χ2n) is 6.22. The number of rotatable bonds is 4. The summed E-state index contributed by atoms with van der Waals surface area (Å²) in [4.78, 5) is 20.6. The van der Waals surface area contributed by atoms with E-state index in [1.165, 1.54) is 12.1 Å². The third kappa shape index (κ3) is 4.34. The van der Waals surface area contributed by atoms with Gasteiger partial charge in [0.15, 0.2) is 0 Å². The first-order valence-electron chi connectivity index (χ1n) is 8.24. The fourth-order valence-electron chi connectivity index (χ4n) is 2.91. The number of hydrogen-bond donors (Lipinski definition) is 1. The third-order valence-corrected chi connectivity index (χ3v) is 4.31. The highest BCUT2D eigenvalue weighted by molar-refractivity contribution is 5.92. The Morgan fingerprint density at radius 3 is 2.35 bits per heavy atom. The number of halogens is 3. The molecule has 1 N–H and O–H groups in total. The van der Waals surface area contributed by atoms with Crippen LogP contribution >= 0.6 is 0 Å². The lowest BCUT2D eigenvalue weighted by Gasteiger charge is -2.34. The standard InChI is InChI=1S/C17H20F3N5O/c1-23-7-6-21-16(23)25-10-8-24(9-11-25)12-15(26)22-14-4-2-13(3-5-14)17(18,19)20/h2-7H,8-12H2,1H3,(H,22,26). The highest BCUT2D eigenvalue weighted by atomic mass is 19.4. The van der Waals surface area contributed by atoms with Crippen LogP contribution in [0.25, 0.3) is 0 Å². The second-order valence-corrected chi connectivity index (χ2v) is 6.22. The highest BCUT2D eigenvalue weighted by Gasteiger charge is 2.30. The van der Waals surface area contributed by atoms with Crippen molar-refractivity contribution in [2.24, 2.45) is 7.05 Å². The van der Waals surface area contributed by atoms with Crippen LogP contribution in [0.1, 0.15) is 5.56 Å². The maximum absolute atomic E-state index is 12.5. The molecule has 1 aromatic heterocycles. The van der Waals surface area contributed by atoms with E-state index in [1.54, 1.807) is 6.20 Å². The van der Waals surface area contributed by atoms with Gasteiger partial charge in [0.05, 0.1) is 12.1 Å². The normalized spacial score (nSPS) is 15.9. The Bertz CT molecular complexity index is 749. The predicted molar refractivity (Wildman–Crippen MR) is 91.9 cm³/mol. The lowest BCUT2D eigenvalue weighted by atomic mass is 10.2. The van der Waals surface area contributed by atoms with Crippen molar-refractivity contribution in [1.82, 2.24) is 14.5 Å². The van der Waals surface area contributed by atoms with Crippen molar-refractivity contribution in [3.8, 4) is 0 Å². The smallest absolute Gasteiger partial charge is 0.340 e. The first-order valence-corrected chi connectivity index (χ1v) is 8.24. The molecule has 1 aromatic carbocycles. The van der Waals surface area contributed by atoms with Gasteiger partial charge in [-0.15, -0.1) is 0 Å². The fraction of sp³-hybridized carbons (Fsp3) is 0.412. The van der Waals surface area contributed by atoms with E-state index >= 15 is 0 Å². The lowest BCUT2D eigenvalue weighted by Crippen LogP contribution is -2.49. The van der Waals surface area contributed by atoms with Crippen LogP contribution < -0.4 is 10.2 Å². The van der Waals surface area contributed by atoms with Crippen LogP contribution in [0.3, 0.4) is 0 Å². The Balaban J connectivity index is 1.48. The van der Waals surface area contributed by atoms with Crippen molar-refractivity contribution in [2.45, 2.75) is 6.18 Å². The number of piperazine rings is 1. The van der Waals surface area contributed by atoms with E-state index < -0.39 is 11.7 Å². The number of anilines is 2. The van der Waals surface area contributed by atoms with Gasteiger partial charge in [-0.3, -0.25) is 9.69 Å². The van der Waals surface area contributed by atoms with Crippen molar-refractivity contribution < 1.29 is 18.0 Å². The number of nitrogens with one attached hydrogen (secondary N) is 1. The zero-order valence-corrected chi connectivity index (χ0v) is 14.3. The Morgan fingerprint density at radius 1 is 1.15 bits per heavy atom. The van der Waals surface area contributed by atoms with E-state index in [-0.39, 0.29) is 12.5 Å². The van der Waals surface area contributed by atoms with Crippen LogP contribution in [0.4, 0.5) is 24.8 Å². The number of carbonyl (C=O) groups is 1. The van der Waals surface area contributed by atoms with Gasteiger partial charge in [0.1, 0.15) is 0 Å². The first kappa shape index (κ1) is 18.2. The van der Waals surface area contributed by atoms with Gasteiger partial charge in [0, 0.05) is 51.3 Å². The number of carbonyl (C=O) groups excluding carboxylic acids is 1. The Kier molecular flexibility index (Phi) is 5.17. The Morgan fingerprint density at radius 2 is 1.81 bits per heavy atom. The maximum atomic E-state index is 12.5. The van der Waals surface area contributed by atoms with Crippen LogP contribution in [0.15, 0.2) is 36.7 Å². The zero-order chi connectivity index (χ0) is 18.7. The molecular formula is C17H20F3N5O. The van der Waals surface area contributed by atoms with Crippen LogP contribution in [0, 0.1) is 0 Å². The third-order valence-electron chi connectivity index (χ3n) is 4.31. The fourth-order valence-corrected chi connectivity index (χ4v) is 2.91. The number of aromatic nitrogens is 2. The number of amides is 1. The minimum atomic E-state index is -4.38. The Hall–Kier alpha value is -2.55. The molecule has 6 nitrogen and oxygen atoms in total. The average Bonchev–Trinajstić information content (AvgIpc) is 3.01. The molecule has 2 aromatic rings. The van der Waals surface area contributed by atoms with Gasteiger partial charge in [-0.2, -0.15) is 13.2 Å². The van der Waals surface area contributed by atoms with Gasteiger partial charge in [-0.1, -0.05) is 0 Å². The van der Waals surface area contributed by atoms with Gasteiger partial charge >= 0.3 is 6.18 Å². The molecule has 0 unspecified atom stereocenters. The second kappa shape index (κ2) is 7.36. The minimum absolute atomic E-state index is 0.204. The lowest BCUT2D eigenvalue weighted by molar-refractivity contribution is -0.137. The minimum Gasteiger partial charge on any atom is -0.340 e. The molecule has 0 radical (unpaired) electrons. The van der Waals surface area contributed by atoms with Crippen molar-refractivity contribution in [1.29, 1.82) is 0 Å². The summed E-state index contributed by atoms with van der Waals surface area (Å²) >= 11 is 0. The van der Waals surface area contributed by atoms with E-state index in [4.69, 9.17) is 0 Å². The molecule has 9 heteroatoms. The average molecular weight is 367 g/mol. The first-order chi connectivity index (χ1) is 12.3. The Labute approximate surface area is 149 Å². The number of alkyl halides is 3. The van der Waals surface area contributed by atoms with Crippen molar-refractivity contribution in [3.05, 3.63) is 42.2 Å². The summed E-state index contributed by atoms with van der Waals surface area (Å²) < 4.78 is 39.6. The zero-order valence-electron chi connectivity index (χ0n) is 14.3. The topological polar surface area (TPSA) is 53.4 Å². The molecule has 2 heterocycles. The molecule has 0 aliphatic carbocycles. The van der Waals surface area contributed by atoms with Gasteiger partial charge in [0.2, 0.25) is 11.9 Å². The highest BCUT2D eigenvalue weighted by Crippen LogP contribution is 2.29. The largest absolute Gasteiger partial charge is 0.416 e. The van der Waals surface area contributed by atoms with E-state index in [9.17, 15) is 18.0 Å². The van der Waals surface area contributed by atoms with Gasteiger partial charge in [0.25, 0.3) is 0 Å². The summed E-state index contributed by atoms with van der Waals surface area (Å²) in [5.41, 5.74) is -0.379. The number of imidazole rings is 1. The molecule has 3 rings (SSSR count). The predicted octanol–water partition coefficient (Wildman–Crippen LogP) is 2.20.